The van der Waals surface area contributed by atoms with E-state index in [9.17, 15) is 0 Å². The van der Waals surface area contributed by atoms with Crippen molar-refractivity contribution >= 4 is 23.6 Å². The molecule has 1 aliphatic heterocycles. The molecule has 0 aliphatic carbocycles. The molecule has 4 rings (SSSR count). The molecule has 4 nitrogen and oxygen atoms in total. The monoisotopic (exact) mass is 370 g/mol. The molecule has 0 amide bonds. The maximum Gasteiger partial charge on any atom is 0.198 e. The highest BCUT2D eigenvalue weighted by atomic mass is 32.1. The summed E-state index contributed by atoms with van der Waals surface area (Å²) in [6, 6.07) is 15.3. The van der Waals surface area contributed by atoms with Gasteiger partial charge < -0.3 is 4.57 Å². The molecule has 3 heterocycles. The summed E-state index contributed by atoms with van der Waals surface area (Å²) in [7, 11) is 2.02. The number of thiophene rings is 1. The Kier molecular flexibility index (Phi) is 4.83. The summed E-state index contributed by atoms with van der Waals surface area (Å²) >= 11 is 7.49. The fourth-order valence-corrected chi connectivity index (χ4v) is 4.63. The first-order valence-corrected chi connectivity index (χ1v) is 9.95. The molecular weight excluding hydrogens is 348 g/mol. The van der Waals surface area contributed by atoms with Crippen LogP contribution >= 0.6 is 23.6 Å². The number of likely N-dealkylation sites (tertiary alicyclic amines) is 1. The molecule has 0 bridgehead atoms. The first kappa shape index (κ1) is 16.7. The van der Waals surface area contributed by atoms with Crippen molar-refractivity contribution in [2.24, 2.45) is 7.05 Å². The van der Waals surface area contributed by atoms with Crippen molar-refractivity contribution in [3.05, 3.63) is 68.9 Å². The van der Waals surface area contributed by atoms with Gasteiger partial charge >= 0.3 is 0 Å². The van der Waals surface area contributed by atoms with Gasteiger partial charge in [0.05, 0.1) is 6.67 Å². The van der Waals surface area contributed by atoms with Crippen molar-refractivity contribution in [1.82, 2.24) is 19.2 Å². The summed E-state index contributed by atoms with van der Waals surface area (Å²) in [5.74, 6) is 1.02. The second-order valence-electron chi connectivity index (χ2n) is 6.55. The third kappa shape index (κ3) is 3.47. The molecule has 130 valence electrons. The lowest BCUT2D eigenvalue weighted by atomic mass is 10.1. The van der Waals surface area contributed by atoms with E-state index in [0.29, 0.717) is 6.04 Å². The van der Waals surface area contributed by atoms with Gasteiger partial charge in [-0.1, -0.05) is 36.4 Å². The number of rotatable bonds is 5. The molecule has 2 aromatic heterocycles. The first-order chi connectivity index (χ1) is 12.2. The van der Waals surface area contributed by atoms with Crippen LogP contribution in [0.3, 0.4) is 0 Å². The van der Waals surface area contributed by atoms with Gasteiger partial charge in [0.1, 0.15) is 5.82 Å². The van der Waals surface area contributed by atoms with E-state index in [1.54, 1.807) is 0 Å². The van der Waals surface area contributed by atoms with Crippen LogP contribution in [0.5, 0.6) is 0 Å². The Labute approximate surface area is 157 Å². The van der Waals surface area contributed by atoms with E-state index >= 15 is 0 Å². The first-order valence-electron chi connectivity index (χ1n) is 8.66. The molecule has 1 saturated heterocycles. The van der Waals surface area contributed by atoms with Crippen LogP contribution in [0.4, 0.5) is 0 Å². The third-order valence-electron chi connectivity index (χ3n) is 4.89. The molecular formula is C19H22N4S2. The largest absolute Gasteiger partial charge is 0.307 e. The molecule has 1 aromatic carbocycles. The summed E-state index contributed by atoms with van der Waals surface area (Å²) in [5, 5.41) is 6.98. The molecule has 0 N–H and O–H groups in total. The van der Waals surface area contributed by atoms with Gasteiger partial charge in [-0.05, 0) is 42.1 Å². The number of nitrogens with zero attached hydrogens (tertiary/aromatic N) is 4. The van der Waals surface area contributed by atoms with E-state index in [2.05, 4.69) is 46.7 Å². The Hall–Kier alpha value is -1.76. The number of hydrogen-bond acceptors (Lipinski definition) is 4. The van der Waals surface area contributed by atoms with Gasteiger partial charge in [0.15, 0.2) is 4.77 Å². The molecule has 25 heavy (non-hydrogen) atoms. The number of benzene rings is 1. The van der Waals surface area contributed by atoms with E-state index in [1.807, 2.05) is 33.7 Å². The summed E-state index contributed by atoms with van der Waals surface area (Å²) in [6.45, 7) is 1.87. The van der Waals surface area contributed by atoms with Gasteiger partial charge in [-0.2, -0.15) is 5.10 Å². The zero-order valence-electron chi connectivity index (χ0n) is 14.3. The molecule has 0 radical (unpaired) electrons. The smallest absolute Gasteiger partial charge is 0.198 e. The van der Waals surface area contributed by atoms with Crippen molar-refractivity contribution in [2.75, 3.05) is 6.54 Å². The van der Waals surface area contributed by atoms with Crippen molar-refractivity contribution in [3.8, 4) is 0 Å². The average Bonchev–Trinajstić information content (AvgIpc) is 3.35. The number of aromatic nitrogens is 3. The second-order valence-corrected chi connectivity index (χ2v) is 7.89. The molecule has 3 aromatic rings. The van der Waals surface area contributed by atoms with Crippen molar-refractivity contribution in [2.45, 2.75) is 32.0 Å². The summed E-state index contributed by atoms with van der Waals surface area (Å²) in [4.78, 5) is 3.95. The molecule has 0 saturated carbocycles. The number of hydrogen-bond donors (Lipinski definition) is 0. The van der Waals surface area contributed by atoms with Gasteiger partial charge in [0, 0.05) is 30.9 Å². The van der Waals surface area contributed by atoms with Gasteiger partial charge in [0.25, 0.3) is 0 Å². The fraction of sp³-hybridized carbons (Fsp3) is 0.368. The molecule has 1 fully saturated rings. The van der Waals surface area contributed by atoms with E-state index in [4.69, 9.17) is 17.3 Å². The maximum atomic E-state index is 5.64. The highest BCUT2D eigenvalue weighted by molar-refractivity contribution is 7.71. The zero-order chi connectivity index (χ0) is 17.2. The van der Waals surface area contributed by atoms with E-state index in [0.717, 1.165) is 30.2 Å². The Morgan fingerprint density at radius 2 is 2.04 bits per heavy atom. The predicted octanol–water partition coefficient (Wildman–Crippen LogP) is 4.40. The van der Waals surface area contributed by atoms with Crippen LogP contribution < -0.4 is 0 Å². The van der Waals surface area contributed by atoms with E-state index in [1.165, 1.54) is 23.3 Å². The SMILES string of the molecule is Cn1c(Cc2ccccc2)nn(CN2CCC[C@H]2c2cccs2)c1=S. The van der Waals surface area contributed by atoms with Crippen molar-refractivity contribution < 1.29 is 0 Å². The van der Waals surface area contributed by atoms with Gasteiger partial charge in [-0.15, -0.1) is 11.3 Å². The van der Waals surface area contributed by atoms with Crippen LogP contribution in [-0.2, 0) is 20.1 Å². The summed E-state index contributed by atoms with van der Waals surface area (Å²) in [5.41, 5.74) is 1.26. The van der Waals surface area contributed by atoms with Crippen LogP contribution in [0.25, 0.3) is 0 Å². The standard InChI is InChI=1S/C19H22N4S2/c1-21-18(13-15-7-3-2-4-8-15)20-23(19(21)24)14-22-11-5-9-16(22)17-10-6-12-25-17/h2-4,6-8,10,12,16H,5,9,11,13-14H2,1H3/t16-/m0/s1. The van der Waals surface area contributed by atoms with Gasteiger partial charge in [-0.25, -0.2) is 4.68 Å². The second kappa shape index (κ2) is 7.23. The van der Waals surface area contributed by atoms with Crippen molar-refractivity contribution in [3.63, 3.8) is 0 Å². The van der Waals surface area contributed by atoms with Crippen LogP contribution in [0.1, 0.15) is 35.1 Å². The summed E-state index contributed by atoms with van der Waals surface area (Å²) < 4.78 is 4.82. The predicted molar refractivity (Wildman–Crippen MR) is 104 cm³/mol. The molecule has 1 atom stereocenters. The third-order valence-corrected chi connectivity index (χ3v) is 6.35. The minimum absolute atomic E-state index is 0.501. The van der Waals surface area contributed by atoms with Gasteiger partial charge in [-0.3, -0.25) is 4.90 Å². The average molecular weight is 371 g/mol. The Balaban J connectivity index is 1.55. The zero-order valence-corrected chi connectivity index (χ0v) is 16.0. The molecule has 1 aliphatic rings. The van der Waals surface area contributed by atoms with Crippen LogP contribution in [0.2, 0.25) is 0 Å². The Bertz CT molecular complexity index is 880. The lowest BCUT2D eigenvalue weighted by Crippen LogP contribution is -2.26. The maximum absolute atomic E-state index is 5.64. The lowest BCUT2D eigenvalue weighted by Gasteiger charge is -2.23. The summed E-state index contributed by atoms with van der Waals surface area (Å²) in [6.07, 6.45) is 3.26. The van der Waals surface area contributed by atoms with Crippen LogP contribution in [0.15, 0.2) is 47.8 Å². The fourth-order valence-electron chi connectivity index (χ4n) is 3.53. The highest BCUT2D eigenvalue weighted by Gasteiger charge is 2.27. The normalized spacial score (nSPS) is 18.0. The minimum atomic E-state index is 0.501. The minimum Gasteiger partial charge on any atom is -0.307 e. The van der Waals surface area contributed by atoms with Crippen LogP contribution in [0, 0.1) is 4.77 Å². The van der Waals surface area contributed by atoms with E-state index in [-0.39, 0.29) is 0 Å². The molecule has 6 heteroatoms. The van der Waals surface area contributed by atoms with E-state index < -0.39 is 0 Å². The topological polar surface area (TPSA) is 26.0 Å². The van der Waals surface area contributed by atoms with Crippen LogP contribution in [-0.4, -0.2) is 25.8 Å². The molecule has 0 spiro atoms. The van der Waals surface area contributed by atoms with Crippen molar-refractivity contribution in [1.29, 1.82) is 0 Å². The van der Waals surface area contributed by atoms with Gasteiger partial charge in [0.2, 0.25) is 0 Å². The Morgan fingerprint density at radius 3 is 2.80 bits per heavy atom. The Morgan fingerprint density at radius 1 is 1.20 bits per heavy atom. The highest BCUT2D eigenvalue weighted by Crippen LogP contribution is 2.34. The lowest BCUT2D eigenvalue weighted by molar-refractivity contribution is 0.192. The quantitative estimate of drug-likeness (QED) is 0.623. The molecule has 0 unspecified atom stereocenters.